The summed E-state index contributed by atoms with van der Waals surface area (Å²) in [7, 11) is 1.66. The Kier molecular flexibility index (Phi) is 4.25. The van der Waals surface area contributed by atoms with E-state index in [0.29, 0.717) is 25.4 Å². The van der Waals surface area contributed by atoms with Crippen LogP contribution in [0.25, 0.3) is 0 Å². The van der Waals surface area contributed by atoms with E-state index in [4.69, 9.17) is 14.2 Å². The van der Waals surface area contributed by atoms with Gasteiger partial charge >= 0.3 is 0 Å². The van der Waals surface area contributed by atoms with Gasteiger partial charge in [-0.3, -0.25) is 4.90 Å². The van der Waals surface area contributed by atoms with Crippen molar-refractivity contribution in [2.75, 3.05) is 33.4 Å². The third kappa shape index (κ3) is 2.17. The molecule has 2 fully saturated rings. The molecular weight excluding hydrogens is 358 g/mol. The smallest absolute Gasteiger partial charge is 0.165 e. The van der Waals surface area contributed by atoms with Crippen molar-refractivity contribution in [2.45, 2.75) is 54.9 Å². The molecule has 2 aliphatic carbocycles. The number of aliphatic hydroxyl groups is 1. The Balaban J connectivity index is 1.63. The Morgan fingerprint density at radius 1 is 1.36 bits per heavy atom. The van der Waals surface area contributed by atoms with Gasteiger partial charge in [-0.2, -0.15) is 0 Å². The first-order valence-corrected chi connectivity index (χ1v) is 10.3. The summed E-state index contributed by atoms with van der Waals surface area (Å²) in [5.41, 5.74) is 0.768. The second-order valence-electron chi connectivity index (χ2n) is 8.58. The topological polar surface area (TPSA) is 71.4 Å². The lowest BCUT2D eigenvalue weighted by Gasteiger charge is -2.64. The standard InChI is InChI=1S/C22H29NO5/c1-3-9-23-10-8-21-18-14-4-5-15(24)19(18)28-20(21)16(27-12-11-26-2)6-7-22(21,25)17(23)13-14/h3-5,16-17,20,24-25H,1,6-13H2,2H3/t16?,17?,20-,21-,22+/m0/s1. The van der Waals surface area contributed by atoms with Crippen LogP contribution in [0.15, 0.2) is 24.8 Å². The highest BCUT2D eigenvalue weighted by Gasteiger charge is 2.73. The van der Waals surface area contributed by atoms with Gasteiger partial charge in [0.15, 0.2) is 11.5 Å². The molecule has 6 nitrogen and oxygen atoms in total. The molecule has 28 heavy (non-hydrogen) atoms. The molecule has 1 saturated heterocycles. The van der Waals surface area contributed by atoms with Gasteiger partial charge in [-0.1, -0.05) is 12.1 Å². The van der Waals surface area contributed by atoms with Gasteiger partial charge in [0.1, 0.15) is 6.10 Å². The van der Waals surface area contributed by atoms with Crippen molar-refractivity contribution in [1.82, 2.24) is 4.90 Å². The zero-order valence-corrected chi connectivity index (χ0v) is 16.4. The molecule has 2 aliphatic heterocycles. The van der Waals surface area contributed by atoms with Gasteiger partial charge in [-0.25, -0.2) is 0 Å². The number of hydrogen-bond donors (Lipinski definition) is 2. The van der Waals surface area contributed by atoms with E-state index in [9.17, 15) is 10.2 Å². The molecule has 2 heterocycles. The van der Waals surface area contributed by atoms with Crippen LogP contribution >= 0.6 is 0 Å². The van der Waals surface area contributed by atoms with Gasteiger partial charge in [0, 0.05) is 25.3 Å². The summed E-state index contributed by atoms with van der Waals surface area (Å²) in [6, 6.07) is 3.75. The summed E-state index contributed by atoms with van der Waals surface area (Å²) in [5, 5.41) is 22.7. The average molecular weight is 387 g/mol. The first-order valence-electron chi connectivity index (χ1n) is 10.3. The Hall–Kier alpha value is -1.60. The fourth-order valence-corrected chi connectivity index (χ4v) is 6.42. The second-order valence-corrected chi connectivity index (χ2v) is 8.58. The van der Waals surface area contributed by atoms with Gasteiger partial charge in [0.25, 0.3) is 0 Å². The molecule has 152 valence electrons. The third-order valence-corrected chi connectivity index (χ3v) is 7.50. The van der Waals surface area contributed by atoms with E-state index in [2.05, 4.69) is 11.5 Å². The minimum atomic E-state index is -0.897. The fourth-order valence-electron chi connectivity index (χ4n) is 6.42. The second kappa shape index (κ2) is 6.46. The number of hydrogen-bond acceptors (Lipinski definition) is 6. The van der Waals surface area contributed by atoms with Crippen LogP contribution in [0.3, 0.4) is 0 Å². The van der Waals surface area contributed by atoms with Gasteiger partial charge in [0.05, 0.1) is 30.3 Å². The van der Waals surface area contributed by atoms with E-state index in [1.165, 1.54) is 5.56 Å². The summed E-state index contributed by atoms with van der Waals surface area (Å²) >= 11 is 0. The summed E-state index contributed by atoms with van der Waals surface area (Å²) in [6.45, 7) is 6.57. The predicted molar refractivity (Wildman–Crippen MR) is 104 cm³/mol. The number of benzene rings is 1. The maximum Gasteiger partial charge on any atom is 0.165 e. The lowest BCUT2D eigenvalue weighted by Crippen LogP contribution is -2.77. The number of methoxy groups -OCH3 is 1. The molecule has 2 N–H and O–H groups in total. The first kappa shape index (κ1) is 18.4. The number of ether oxygens (including phenoxy) is 3. The van der Waals surface area contributed by atoms with Crippen molar-refractivity contribution in [3.63, 3.8) is 0 Å². The van der Waals surface area contributed by atoms with Gasteiger partial charge < -0.3 is 24.4 Å². The van der Waals surface area contributed by atoms with Crippen molar-refractivity contribution in [3.05, 3.63) is 35.9 Å². The molecule has 1 saturated carbocycles. The van der Waals surface area contributed by atoms with E-state index in [1.54, 1.807) is 13.2 Å². The summed E-state index contributed by atoms with van der Waals surface area (Å²) in [6.07, 6.45) is 4.44. The van der Waals surface area contributed by atoms with Crippen LogP contribution in [0.5, 0.6) is 11.5 Å². The molecule has 0 amide bonds. The number of aromatic hydroxyl groups is 1. The molecular formula is C22H29NO5. The zero-order chi connectivity index (χ0) is 19.5. The van der Waals surface area contributed by atoms with Gasteiger partial charge in [0.2, 0.25) is 0 Å². The SMILES string of the molecule is C=CCN1CC[C@]23c4c5ccc(O)c4O[C@H]2C(OCCOC)CC[C@@]3(O)C1C5. The molecule has 5 atom stereocenters. The summed E-state index contributed by atoms with van der Waals surface area (Å²) in [4.78, 5) is 2.36. The number of likely N-dealkylation sites (tertiary alicyclic amines) is 1. The van der Waals surface area contributed by atoms with Crippen LogP contribution in [-0.2, 0) is 21.3 Å². The molecule has 2 bridgehead atoms. The quantitative estimate of drug-likeness (QED) is 0.573. The largest absolute Gasteiger partial charge is 0.504 e. The Bertz CT molecular complexity index is 797. The van der Waals surface area contributed by atoms with Crippen LogP contribution < -0.4 is 4.74 Å². The highest BCUT2D eigenvalue weighted by atomic mass is 16.6. The molecule has 2 unspecified atom stereocenters. The van der Waals surface area contributed by atoms with E-state index < -0.39 is 11.0 Å². The number of phenolic OH excluding ortho intramolecular Hbond substituents is 1. The lowest BCUT2D eigenvalue weighted by atomic mass is 9.48. The Morgan fingerprint density at radius 2 is 2.21 bits per heavy atom. The maximum absolute atomic E-state index is 12.2. The van der Waals surface area contributed by atoms with Gasteiger partial charge in [-0.05, 0) is 43.9 Å². The normalized spacial score (nSPS) is 38.0. The lowest BCUT2D eigenvalue weighted by molar-refractivity contribution is -0.214. The van der Waals surface area contributed by atoms with Crippen molar-refractivity contribution in [1.29, 1.82) is 0 Å². The molecule has 0 radical (unpaired) electrons. The predicted octanol–water partition coefficient (Wildman–Crippen LogP) is 1.76. The Morgan fingerprint density at radius 3 is 3.00 bits per heavy atom. The minimum absolute atomic E-state index is 0.0215. The van der Waals surface area contributed by atoms with E-state index in [0.717, 1.165) is 37.9 Å². The molecule has 0 aromatic heterocycles. The fraction of sp³-hybridized carbons (Fsp3) is 0.636. The number of rotatable bonds is 6. The molecule has 1 aromatic carbocycles. The van der Waals surface area contributed by atoms with Crippen molar-refractivity contribution < 1.29 is 24.4 Å². The van der Waals surface area contributed by atoms with Crippen LogP contribution in [0.2, 0.25) is 0 Å². The molecule has 1 spiro atoms. The average Bonchev–Trinajstić information content (AvgIpc) is 3.03. The van der Waals surface area contributed by atoms with Crippen LogP contribution in [-0.4, -0.2) is 72.4 Å². The van der Waals surface area contributed by atoms with Crippen LogP contribution in [0, 0.1) is 0 Å². The van der Waals surface area contributed by atoms with Gasteiger partial charge in [-0.15, -0.1) is 6.58 Å². The number of nitrogens with zero attached hydrogens (tertiary/aromatic N) is 1. The van der Waals surface area contributed by atoms with Crippen LogP contribution in [0.4, 0.5) is 0 Å². The highest BCUT2D eigenvalue weighted by molar-refractivity contribution is 5.62. The van der Waals surface area contributed by atoms with Crippen molar-refractivity contribution in [2.24, 2.45) is 0 Å². The molecule has 5 rings (SSSR count). The van der Waals surface area contributed by atoms with E-state index in [-0.39, 0.29) is 24.0 Å². The minimum Gasteiger partial charge on any atom is -0.504 e. The van der Waals surface area contributed by atoms with Crippen molar-refractivity contribution >= 4 is 0 Å². The summed E-state index contributed by atoms with van der Waals surface area (Å²) < 4.78 is 17.7. The highest BCUT2D eigenvalue weighted by Crippen LogP contribution is 2.65. The zero-order valence-electron chi connectivity index (χ0n) is 16.4. The molecule has 4 aliphatic rings. The molecule has 6 heteroatoms. The Labute approximate surface area is 165 Å². The van der Waals surface area contributed by atoms with Crippen LogP contribution in [0.1, 0.15) is 30.4 Å². The monoisotopic (exact) mass is 387 g/mol. The number of piperidine rings is 1. The molecule has 1 aromatic rings. The van der Waals surface area contributed by atoms with E-state index in [1.807, 2.05) is 12.1 Å². The first-order chi connectivity index (χ1) is 13.6. The van der Waals surface area contributed by atoms with E-state index >= 15 is 0 Å². The summed E-state index contributed by atoms with van der Waals surface area (Å²) in [5.74, 6) is 0.714. The third-order valence-electron chi connectivity index (χ3n) is 7.50. The number of phenols is 1. The maximum atomic E-state index is 12.2. The van der Waals surface area contributed by atoms with Crippen molar-refractivity contribution in [3.8, 4) is 11.5 Å².